The molecule has 0 aliphatic carbocycles. The number of ether oxygens (including phenoxy) is 1. The van der Waals surface area contributed by atoms with Gasteiger partial charge in [-0.15, -0.1) is 0 Å². The summed E-state index contributed by atoms with van der Waals surface area (Å²) in [6.07, 6.45) is 2.70. The summed E-state index contributed by atoms with van der Waals surface area (Å²) in [7, 11) is 0. The van der Waals surface area contributed by atoms with Crippen molar-refractivity contribution in [3.05, 3.63) is 76.9 Å². The minimum Gasteiger partial charge on any atom is -0.478 e. The van der Waals surface area contributed by atoms with Crippen molar-refractivity contribution in [2.24, 2.45) is 0 Å². The molecule has 0 radical (unpaired) electrons. The van der Waals surface area contributed by atoms with Gasteiger partial charge in [-0.2, -0.15) is 0 Å². The van der Waals surface area contributed by atoms with Crippen LogP contribution in [0.3, 0.4) is 0 Å². The van der Waals surface area contributed by atoms with Crippen molar-refractivity contribution in [3.8, 4) is 0 Å². The van der Waals surface area contributed by atoms with Gasteiger partial charge in [0.1, 0.15) is 6.61 Å². The molecule has 1 N–H and O–H groups in total. The molecule has 2 aromatic carbocycles. The molecule has 2 aromatic rings. The van der Waals surface area contributed by atoms with Gasteiger partial charge in [0.15, 0.2) is 0 Å². The zero-order valence-corrected chi connectivity index (χ0v) is 12.2. The van der Waals surface area contributed by atoms with Crippen molar-refractivity contribution in [1.82, 2.24) is 0 Å². The van der Waals surface area contributed by atoms with Crippen LogP contribution in [0.25, 0.3) is 6.08 Å². The Labute approximate surface area is 128 Å². The SMILES string of the molecule is Cc1cccc(C=CC(=O)OCc2ccccc2)c1C(=O)O. The van der Waals surface area contributed by atoms with Crippen molar-refractivity contribution in [2.45, 2.75) is 13.5 Å². The lowest BCUT2D eigenvalue weighted by atomic mass is 10.0. The third-order valence-corrected chi connectivity index (χ3v) is 3.14. The fraction of sp³-hybridized carbons (Fsp3) is 0.111. The number of aryl methyl sites for hydroxylation is 1. The average molecular weight is 296 g/mol. The van der Waals surface area contributed by atoms with Gasteiger partial charge in [-0.1, -0.05) is 48.5 Å². The molecule has 0 aliphatic rings. The molecule has 0 saturated carbocycles. The van der Waals surface area contributed by atoms with Gasteiger partial charge in [0, 0.05) is 6.08 Å². The molecule has 0 saturated heterocycles. The topological polar surface area (TPSA) is 63.6 Å². The standard InChI is InChI=1S/C18H16O4/c1-13-6-5-9-15(17(13)18(20)21)10-11-16(19)22-12-14-7-3-2-4-8-14/h2-11H,12H2,1H3,(H,20,21). The van der Waals surface area contributed by atoms with Gasteiger partial charge in [-0.3, -0.25) is 0 Å². The Kier molecular flexibility index (Phi) is 5.09. The molecule has 0 spiro atoms. The summed E-state index contributed by atoms with van der Waals surface area (Å²) in [5, 5.41) is 9.21. The van der Waals surface area contributed by atoms with Crippen LogP contribution in [0.15, 0.2) is 54.6 Å². The molecule has 0 fully saturated rings. The third kappa shape index (κ3) is 4.06. The number of carbonyl (C=O) groups is 2. The van der Waals surface area contributed by atoms with Gasteiger partial charge in [0.05, 0.1) is 5.56 Å². The normalized spacial score (nSPS) is 10.6. The van der Waals surface area contributed by atoms with E-state index in [4.69, 9.17) is 4.74 Å². The summed E-state index contributed by atoms with van der Waals surface area (Å²) in [6, 6.07) is 14.5. The third-order valence-electron chi connectivity index (χ3n) is 3.14. The van der Waals surface area contributed by atoms with Crippen LogP contribution in [0, 0.1) is 6.92 Å². The molecular formula is C18H16O4. The van der Waals surface area contributed by atoms with E-state index in [1.54, 1.807) is 25.1 Å². The lowest BCUT2D eigenvalue weighted by Crippen LogP contribution is -2.04. The number of carbonyl (C=O) groups excluding carboxylic acids is 1. The molecule has 0 amide bonds. The highest BCUT2D eigenvalue weighted by Gasteiger charge is 2.11. The number of benzene rings is 2. The number of esters is 1. The molecule has 2 rings (SSSR count). The fourth-order valence-corrected chi connectivity index (χ4v) is 2.06. The molecule has 22 heavy (non-hydrogen) atoms. The van der Waals surface area contributed by atoms with Crippen LogP contribution in [0.2, 0.25) is 0 Å². The molecule has 0 atom stereocenters. The molecular weight excluding hydrogens is 280 g/mol. The minimum atomic E-state index is -1.02. The van der Waals surface area contributed by atoms with Crippen LogP contribution in [-0.4, -0.2) is 17.0 Å². The van der Waals surface area contributed by atoms with E-state index in [0.717, 1.165) is 5.56 Å². The first-order valence-electron chi connectivity index (χ1n) is 6.79. The van der Waals surface area contributed by atoms with Gasteiger partial charge in [0.25, 0.3) is 0 Å². The van der Waals surface area contributed by atoms with E-state index in [-0.39, 0.29) is 12.2 Å². The lowest BCUT2D eigenvalue weighted by molar-refractivity contribution is -0.138. The van der Waals surface area contributed by atoms with Crippen molar-refractivity contribution in [2.75, 3.05) is 0 Å². The monoisotopic (exact) mass is 296 g/mol. The first kappa shape index (κ1) is 15.5. The van der Waals surface area contributed by atoms with E-state index in [2.05, 4.69) is 0 Å². The molecule has 4 nitrogen and oxygen atoms in total. The molecule has 4 heteroatoms. The summed E-state index contributed by atoms with van der Waals surface area (Å²) < 4.78 is 5.11. The first-order valence-corrected chi connectivity index (χ1v) is 6.79. The van der Waals surface area contributed by atoms with Crippen LogP contribution in [0.5, 0.6) is 0 Å². The lowest BCUT2D eigenvalue weighted by Gasteiger charge is -2.05. The Morgan fingerprint density at radius 1 is 1.09 bits per heavy atom. The number of hydrogen-bond donors (Lipinski definition) is 1. The summed E-state index contributed by atoms with van der Waals surface area (Å²) in [5.74, 6) is -1.53. The highest BCUT2D eigenvalue weighted by molar-refractivity contribution is 5.96. The largest absolute Gasteiger partial charge is 0.478 e. The van der Waals surface area contributed by atoms with Crippen molar-refractivity contribution >= 4 is 18.0 Å². The van der Waals surface area contributed by atoms with E-state index in [1.165, 1.54) is 12.2 Å². The van der Waals surface area contributed by atoms with Crippen molar-refractivity contribution in [3.63, 3.8) is 0 Å². The summed E-state index contributed by atoms with van der Waals surface area (Å²) in [4.78, 5) is 22.9. The average Bonchev–Trinajstić information content (AvgIpc) is 2.51. The van der Waals surface area contributed by atoms with Gasteiger partial charge < -0.3 is 9.84 Å². The quantitative estimate of drug-likeness (QED) is 0.678. The second kappa shape index (κ2) is 7.22. The highest BCUT2D eigenvalue weighted by atomic mass is 16.5. The smallest absolute Gasteiger partial charge is 0.336 e. The zero-order valence-electron chi connectivity index (χ0n) is 12.2. The maximum atomic E-state index is 11.7. The minimum absolute atomic E-state index is 0.184. The summed E-state index contributed by atoms with van der Waals surface area (Å²) in [6.45, 7) is 1.90. The fourth-order valence-electron chi connectivity index (χ4n) is 2.06. The predicted molar refractivity (Wildman–Crippen MR) is 83.4 cm³/mol. The second-order valence-corrected chi connectivity index (χ2v) is 4.77. The van der Waals surface area contributed by atoms with E-state index in [0.29, 0.717) is 11.1 Å². The van der Waals surface area contributed by atoms with Crippen LogP contribution in [0.4, 0.5) is 0 Å². The second-order valence-electron chi connectivity index (χ2n) is 4.77. The van der Waals surface area contributed by atoms with Crippen LogP contribution in [0.1, 0.15) is 27.0 Å². The van der Waals surface area contributed by atoms with E-state index < -0.39 is 11.9 Å². The van der Waals surface area contributed by atoms with Gasteiger partial charge in [-0.05, 0) is 29.7 Å². The van der Waals surface area contributed by atoms with Crippen molar-refractivity contribution in [1.29, 1.82) is 0 Å². The number of hydrogen-bond acceptors (Lipinski definition) is 3. The maximum absolute atomic E-state index is 11.7. The molecule has 0 aromatic heterocycles. The van der Waals surface area contributed by atoms with E-state index >= 15 is 0 Å². The number of rotatable bonds is 5. The first-order chi connectivity index (χ1) is 10.6. The van der Waals surface area contributed by atoms with Gasteiger partial charge in [-0.25, -0.2) is 9.59 Å². The molecule has 112 valence electrons. The van der Waals surface area contributed by atoms with Crippen LogP contribution >= 0.6 is 0 Å². The number of aromatic carboxylic acids is 1. The summed E-state index contributed by atoms with van der Waals surface area (Å²) in [5.41, 5.74) is 2.21. The molecule has 0 heterocycles. The molecule has 0 unspecified atom stereocenters. The summed E-state index contributed by atoms with van der Waals surface area (Å²) >= 11 is 0. The van der Waals surface area contributed by atoms with Crippen molar-refractivity contribution < 1.29 is 19.4 Å². The van der Waals surface area contributed by atoms with E-state index in [9.17, 15) is 14.7 Å². The Hall–Kier alpha value is -2.88. The van der Waals surface area contributed by atoms with Gasteiger partial charge >= 0.3 is 11.9 Å². The number of carboxylic acid groups (broad SMARTS) is 1. The number of carboxylic acids is 1. The van der Waals surface area contributed by atoms with Crippen LogP contribution < -0.4 is 0 Å². The van der Waals surface area contributed by atoms with Gasteiger partial charge in [0.2, 0.25) is 0 Å². The predicted octanol–water partition coefficient (Wildman–Crippen LogP) is 3.45. The maximum Gasteiger partial charge on any atom is 0.336 e. The van der Waals surface area contributed by atoms with Crippen LogP contribution in [-0.2, 0) is 16.1 Å². The Balaban J connectivity index is 2.04. The van der Waals surface area contributed by atoms with E-state index in [1.807, 2.05) is 30.3 Å². The Morgan fingerprint density at radius 2 is 1.82 bits per heavy atom. The molecule has 0 bridgehead atoms. The molecule has 0 aliphatic heterocycles. The Bertz CT molecular complexity index is 702. The Morgan fingerprint density at radius 3 is 2.50 bits per heavy atom. The highest BCUT2D eigenvalue weighted by Crippen LogP contribution is 2.16. The zero-order chi connectivity index (χ0) is 15.9.